The fraction of sp³-hybridized carbons (Fsp3) is 0.438. The third-order valence-electron chi connectivity index (χ3n) is 4.25. The van der Waals surface area contributed by atoms with E-state index in [-0.39, 0.29) is 19.3 Å². The second kappa shape index (κ2) is 5.97. The van der Waals surface area contributed by atoms with Gasteiger partial charge >= 0.3 is 0 Å². The number of aryl methyl sites for hydroxylation is 1. The zero-order valence-corrected chi connectivity index (χ0v) is 12.2. The standard InChI is InChI=1S/C16H21N3O2/c1-18-11-17-15-8-19(14(10-21)6-16(15)18)7-12-2-4-13(9-20)5-3-12/h2-5,11,14,20-21H,6-10H2,1H3/t14-/m0/s1. The van der Waals surface area contributed by atoms with Crippen molar-refractivity contribution in [2.24, 2.45) is 7.05 Å². The number of fused-ring (bicyclic) bond motifs is 1. The second-order valence-electron chi connectivity index (χ2n) is 5.67. The van der Waals surface area contributed by atoms with Crippen LogP contribution in [0.15, 0.2) is 30.6 Å². The summed E-state index contributed by atoms with van der Waals surface area (Å²) in [7, 11) is 2.00. The van der Waals surface area contributed by atoms with Crippen LogP contribution in [0.1, 0.15) is 22.5 Å². The Hall–Kier alpha value is -1.69. The molecule has 0 radical (unpaired) electrons. The first-order valence-electron chi connectivity index (χ1n) is 7.24. The lowest BCUT2D eigenvalue weighted by molar-refractivity contribution is 0.0967. The molecule has 0 unspecified atom stereocenters. The maximum atomic E-state index is 9.67. The van der Waals surface area contributed by atoms with Gasteiger partial charge in [-0.2, -0.15) is 0 Å². The molecular formula is C16H21N3O2. The molecule has 0 aliphatic carbocycles. The van der Waals surface area contributed by atoms with Gasteiger partial charge in [0.2, 0.25) is 0 Å². The van der Waals surface area contributed by atoms with E-state index in [4.69, 9.17) is 5.11 Å². The van der Waals surface area contributed by atoms with Crippen LogP contribution in [0, 0.1) is 0 Å². The molecule has 5 heteroatoms. The number of hydrogen-bond acceptors (Lipinski definition) is 4. The third-order valence-corrected chi connectivity index (χ3v) is 4.25. The lowest BCUT2D eigenvalue weighted by atomic mass is 10.0. The number of benzene rings is 1. The summed E-state index contributed by atoms with van der Waals surface area (Å²) in [5, 5.41) is 18.8. The van der Waals surface area contributed by atoms with Crippen molar-refractivity contribution in [2.45, 2.75) is 32.2 Å². The van der Waals surface area contributed by atoms with Crippen molar-refractivity contribution in [2.75, 3.05) is 6.61 Å². The van der Waals surface area contributed by atoms with E-state index in [2.05, 4.69) is 9.88 Å². The number of aliphatic hydroxyl groups excluding tert-OH is 2. The Bertz CT molecular complexity index is 606. The molecule has 2 aromatic rings. The van der Waals surface area contributed by atoms with Gasteiger partial charge < -0.3 is 14.8 Å². The minimum Gasteiger partial charge on any atom is -0.395 e. The molecular weight excluding hydrogens is 266 g/mol. The van der Waals surface area contributed by atoms with E-state index in [0.717, 1.165) is 30.8 Å². The van der Waals surface area contributed by atoms with Gasteiger partial charge in [0.25, 0.3) is 0 Å². The molecule has 0 saturated carbocycles. The molecule has 2 N–H and O–H groups in total. The summed E-state index contributed by atoms with van der Waals surface area (Å²) in [6.45, 7) is 1.77. The lowest BCUT2D eigenvalue weighted by Gasteiger charge is -2.34. The van der Waals surface area contributed by atoms with Crippen molar-refractivity contribution < 1.29 is 10.2 Å². The Morgan fingerprint density at radius 3 is 2.57 bits per heavy atom. The van der Waals surface area contributed by atoms with Crippen LogP contribution >= 0.6 is 0 Å². The van der Waals surface area contributed by atoms with Crippen molar-refractivity contribution in [1.82, 2.24) is 14.5 Å². The zero-order chi connectivity index (χ0) is 14.8. The Kier molecular flexibility index (Phi) is 4.05. The number of hydrogen-bond donors (Lipinski definition) is 2. The molecule has 21 heavy (non-hydrogen) atoms. The maximum Gasteiger partial charge on any atom is 0.0949 e. The summed E-state index contributed by atoms with van der Waals surface area (Å²) >= 11 is 0. The fourth-order valence-corrected chi connectivity index (χ4v) is 2.92. The molecule has 3 rings (SSSR count). The second-order valence-corrected chi connectivity index (χ2v) is 5.67. The van der Waals surface area contributed by atoms with E-state index in [1.54, 1.807) is 0 Å². The molecule has 0 spiro atoms. The number of aromatic nitrogens is 2. The predicted molar refractivity (Wildman–Crippen MR) is 79.4 cm³/mol. The van der Waals surface area contributed by atoms with E-state index < -0.39 is 0 Å². The van der Waals surface area contributed by atoms with Gasteiger partial charge in [0.05, 0.1) is 25.2 Å². The Labute approximate surface area is 124 Å². The molecule has 1 aromatic carbocycles. The fourth-order valence-electron chi connectivity index (χ4n) is 2.92. The summed E-state index contributed by atoms with van der Waals surface area (Å²) in [6.07, 6.45) is 2.68. The molecule has 1 aliphatic rings. The molecule has 0 saturated heterocycles. The molecule has 0 fully saturated rings. The van der Waals surface area contributed by atoms with Crippen LogP contribution in [-0.2, 0) is 33.2 Å². The topological polar surface area (TPSA) is 61.5 Å². The first-order chi connectivity index (χ1) is 10.2. The third kappa shape index (κ3) is 2.85. The predicted octanol–water partition coefficient (Wildman–Crippen LogP) is 0.832. The van der Waals surface area contributed by atoms with Crippen molar-refractivity contribution in [3.63, 3.8) is 0 Å². The van der Waals surface area contributed by atoms with E-state index in [1.807, 2.05) is 42.2 Å². The van der Waals surface area contributed by atoms with Crippen LogP contribution in [-0.4, -0.2) is 37.3 Å². The molecule has 1 aromatic heterocycles. The van der Waals surface area contributed by atoms with Crippen LogP contribution in [0.3, 0.4) is 0 Å². The summed E-state index contributed by atoms with van der Waals surface area (Å²) < 4.78 is 2.05. The summed E-state index contributed by atoms with van der Waals surface area (Å²) in [6, 6.07) is 8.09. The maximum absolute atomic E-state index is 9.67. The van der Waals surface area contributed by atoms with Gasteiger partial charge in [-0.1, -0.05) is 24.3 Å². The minimum atomic E-state index is 0.0700. The van der Waals surface area contributed by atoms with Gasteiger partial charge in [0, 0.05) is 38.3 Å². The van der Waals surface area contributed by atoms with Gasteiger partial charge in [-0.15, -0.1) is 0 Å². The number of rotatable bonds is 4. The molecule has 1 atom stereocenters. The van der Waals surface area contributed by atoms with Crippen LogP contribution in [0.2, 0.25) is 0 Å². The molecule has 0 bridgehead atoms. The number of nitrogens with zero attached hydrogens (tertiary/aromatic N) is 3. The van der Waals surface area contributed by atoms with Crippen LogP contribution in [0.4, 0.5) is 0 Å². The summed E-state index contributed by atoms with van der Waals surface area (Å²) in [5.41, 5.74) is 4.43. The molecule has 112 valence electrons. The van der Waals surface area contributed by atoms with Crippen LogP contribution in [0.25, 0.3) is 0 Å². The quantitative estimate of drug-likeness (QED) is 0.874. The Morgan fingerprint density at radius 2 is 1.90 bits per heavy atom. The van der Waals surface area contributed by atoms with Crippen LogP contribution < -0.4 is 0 Å². The molecule has 0 amide bonds. The van der Waals surface area contributed by atoms with Gasteiger partial charge in [0.15, 0.2) is 0 Å². The van der Waals surface area contributed by atoms with Crippen molar-refractivity contribution in [1.29, 1.82) is 0 Å². The highest BCUT2D eigenvalue weighted by atomic mass is 16.3. The van der Waals surface area contributed by atoms with Crippen molar-refractivity contribution in [3.8, 4) is 0 Å². The first kappa shape index (κ1) is 14.3. The van der Waals surface area contributed by atoms with Crippen molar-refractivity contribution in [3.05, 3.63) is 53.1 Å². The average molecular weight is 287 g/mol. The molecule has 5 nitrogen and oxygen atoms in total. The lowest BCUT2D eigenvalue weighted by Crippen LogP contribution is -2.42. The SMILES string of the molecule is Cn1cnc2c1C[C@@H](CO)N(Cc1ccc(CO)cc1)C2. The smallest absolute Gasteiger partial charge is 0.0949 e. The Balaban J connectivity index is 1.77. The monoisotopic (exact) mass is 287 g/mol. The highest BCUT2D eigenvalue weighted by Crippen LogP contribution is 2.23. The largest absolute Gasteiger partial charge is 0.395 e. The van der Waals surface area contributed by atoms with Gasteiger partial charge in [-0.3, -0.25) is 4.90 Å². The first-order valence-corrected chi connectivity index (χ1v) is 7.24. The van der Waals surface area contributed by atoms with E-state index in [0.29, 0.717) is 0 Å². The highest BCUT2D eigenvalue weighted by molar-refractivity contribution is 5.23. The molecule has 2 heterocycles. The zero-order valence-electron chi connectivity index (χ0n) is 12.2. The van der Waals surface area contributed by atoms with E-state index >= 15 is 0 Å². The van der Waals surface area contributed by atoms with Crippen molar-refractivity contribution >= 4 is 0 Å². The van der Waals surface area contributed by atoms with Gasteiger partial charge in [-0.05, 0) is 11.1 Å². The van der Waals surface area contributed by atoms with E-state index in [1.165, 1.54) is 11.3 Å². The van der Waals surface area contributed by atoms with E-state index in [9.17, 15) is 5.11 Å². The summed E-state index contributed by atoms with van der Waals surface area (Å²) in [4.78, 5) is 6.72. The average Bonchev–Trinajstić information content (AvgIpc) is 2.88. The minimum absolute atomic E-state index is 0.0700. The van der Waals surface area contributed by atoms with Gasteiger partial charge in [-0.25, -0.2) is 4.98 Å². The molecule has 1 aliphatic heterocycles. The Morgan fingerprint density at radius 1 is 1.19 bits per heavy atom. The highest BCUT2D eigenvalue weighted by Gasteiger charge is 2.28. The number of aliphatic hydroxyl groups is 2. The van der Waals surface area contributed by atoms with Gasteiger partial charge in [0.1, 0.15) is 0 Å². The number of imidazole rings is 1. The summed E-state index contributed by atoms with van der Waals surface area (Å²) in [5.74, 6) is 0. The van der Waals surface area contributed by atoms with Crippen LogP contribution in [0.5, 0.6) is 0 Å². The normalized spacial score (nSPS) is 18.7.